The summed E-state index contributed by atoms with van der Waals surface area (Å²) in [6, 6.07) is 4.79. The van der Waals surface area contributed by atoms with Gasteiger partial charge in [-0.2, -0.15) is 0 Å². The van der Waals surface area contributed by atoms with Crippen LogP contribution in [0.25, 0.3) is 11.0 Å². The summed E-state index contributed by atoms with van der Waals surface area (Å²) in [5.74, 6) is 0.638. The summed E-state index contributed by atoms with van der Waals surface area (Å²) in [5, 5.41) is 23.7. The number of nitrogens with zero attached hydrogens (tertiary/aromatic N) is 5. The lowest BCUT2D eigenvalue weighted by atomic mass is 9.93. The van der Waals surface area contributed by atoms with Crippen LogP contribution in [-0.4, -0.2) is 58.0 Å². The highest BCUT2D eigenvalue weighted by Crippen LogP contribution is 2.30. The summed E-state index contributed by atoms with van der Waals surface area (Å²) in [4.78, 5) is 31.8. The molecule has 2 aromatic heterocycles. The van der Waals surface area contributed by atoms with E-state index in [0.717, 1.165) is 0 Å². The molecule has 3 rings (SSSR count). The van der Waals surface area contributed by atoms with Crippen LogP contribution in [0, 0.1) is 10.8 Å². The number of amides is 1. The van der Waals surface area contributed by atoms with E-state index in [2.05, 4.69) is 30.6 Å². The summed E-state index contributed by atoms with van der Waals surface area (Å²) < 4.78 is 5.43. The van der Waals surface area contributed by atoms with E-state index >= 15 is 0 Å². The first-order valence-electron chi connectivity index (χ1n) is 10.4. The van der Waals surface area contributed by atoms with Gasteiger partial charge in [0.2, 0.25) is 5.95 Å². The number of carbonyl (C=O) groups is 1. The van der Waals surface area contributed by atoms with E-state index in [4.69, 9.17) is 10.1 Å². The number of anilines is 3. The van der Waals surface area contributed by atoms with E-state index in [1.165, 1.54) is 19.5 Å². The third-order valence-electron chi connectivity index (χ3n) is 4.78. The van der Waals surface area contributed by atoms with Crippen LogP contribution < -0.4 is 20.3 Å². The Morgan fingerprint density at radius 1 is 1.21 bits per heavy atom. The molecule has 1 aromatic carbocycles. The SMILES string of the molecule is COc1ccc(C(=O)NC(=N)/C=C(\O)C(C)(C)C)cc1Nc1ncnc2cnc(N(C)C)nc12. The van der Waals surface area contributed by atoms with Gasteiger partial charge in [0.25, 0.3) is 5.91 Å². The minimum Gasteiger partial charge on any atom is -0.512 e. The summed E-state index contributed by atoms with van der Waals surface area (Å²) in [5.41, 5.74) is 1.26. The molecule has 0 unspecified atom stereocenters. The number of carbonyl (C=O) groups excluding carboxylic acids is 1. The minimum absolute atomic E-state index is 0.00962. The second-order valence-corrected chi connectivity index (χ2v) is 8.71. The van der Waals surface area contributed by atoms with E-state index in [0.29, 0.717) is 34.2 Å². The summed E-state index contributed by atoms with van der Waals surface area (Å²) in [6.07, 6.45) is 4.22. The number of nitrogens with one attached hydrogen (secondary N) is 3. The Bertz CT molecular complexity index is 1260. The van der Waals surface area contributed by atoms with Gasteiger partial charge in [-0.15, -0.1) is 0 Å². The largest absolute Gasteiger partial charge is 0.512 e. The molecule has 11 heteroatoms. The van der Waals surface area contributed by atoms with Crippen molar-refractivity contribution >= 4 is 40.2 Å². The van der Waals surface area contributed by atoms with Crippen molar-refractivity contribution < 1.29 is 14.6 Å². The van der Waals surface area contributed by atoms with Crippen molar-refractivity contribution in [1.82, 2.24) is 25.3 Å². The molecule has 4 N–H and O–H groups in total. The maximum atomic E-state index is 12.7. The fourth-order valence-corrected chi connectivity index (χ4v) is 2.81. The first kappa shape index (κ1) is 24.4. The number of hydrogen-bond acceptors (Lipinski definition) is 10. The van der Waals surface area contributed by atoms with Crippen molar-refractivity contribution in [3.05, 3.63) is 48.1 Å². The maximum Gasteiger partial charge on any atom is 0.256 e. The first-order chi connectivity index (χ1) is 16.0. The predicted molar refractivity (Wildman–Crippen MR) is 131 cm³/mol. The van der Waals surface area contributed by atoms with Crippen molar-refractivity contribution in [2.75, 3.05) is 31.4 Å². The molecule has 0 aliphatic heterocycles. The minimum atomic E-state index is -0.537. The quantitative estimate of drug-likeness (QED) is 0.244. The molecule has 0 spiro atoms. The number of aliphatic hydroxyl groups excluding tert-OH is 1. The molecule has 0 aliphatic carbocycles. The zero-order valence-corrected chi connectivity index (χ0v) is 20.0. The number of rotatable bonds is 6. The topological polar surface area (TPSA) is 149 Å². The molecule has 11 nitrogen and oxygen atoms in total. The number of ether oxygens (including phenoxy) is 1. The number of aliphatic hydroxyl groups is 1. The van der Waals surface area contributed by atoms with Gasteiger partial charge in [0.05, 0.1) is 19.0 Å². The monoisotopic (exact) mass is 464 g/mol. The number of benzene rings is 1. The molecule has 0 saturated carbocycles. The molecule has 3 aromatic rings. The molecule has 0 radical (unpaired) electrons. The molecular weight excluding hydrogens is 436 g/mol. The molecule has 178 valence electrons. The van der Waals surface area contributed by atoms with Gasteiger partial charge < -0.3 is 25.4 Å². The average Bonchev–Trinajstić information content (AvgIpc) is 2.78. The number of allylic oxidation sites excluding steroid dienone is 1. The highest BCUT2D eigenvalue weighted by Gasteiger charge is 2.18. The number of hydrogen-bond donors (Lipinski definition) is 4. The second-order valence-electron chi connectivity index (χ2n) is 8.71. The Labute approximate surface area is 197 Å². The van der Waals surface area contributed by atoms with Crippen molar-refractivity contribution in [1.29, 1.82) is 5.41 Å². The van der Waals surface area contributed by atoms with Crippen LogP contribution in [0.4, 0.5) is 17.5 Å². The lowest BCUT2D eigenvalue weighted by Gasteiger charge is -2.17. The van der Waals surface area contributed by atoms with Gasteiger partial charge >= 0.3 is 0 Å². The highest BCUT2D eigenvalue weighted by molar-refractivity contribution is 6.09. The van der Waals surface area contributed by atoms with Gasteiger partial charge in [-0.3, -0.25) is 10.2 Å². The van der Waals surface area contributed by atoms with E-state index in [1.807, 2.05) is 14.1 Å². The van der Waals surface area contributed by atoms with E-state index < -0.39 is 11.3 Å². The van der Waals surface area contributed by atoms with Gasteiger partial charge in [-0.1, -0.05) is 20.8 Å². The Morgan fingerprint density at radius 3 is 2.59 bits per heavy atom. The molecule has 34 heavy (non-hydrogen) atoms. The molecule has 0 aliphatic rings. The van der Waals surface area contributed by atoms with Crippen LogP contribution in [-0.2, 0) is 0 Å². The lowest BCUT2D eigenvalue weighted by molar-refractivity contribution is 0.0977. The van der Waals surface area contributed by atoms with Gasteiger partial charge in [-0.25, -0.2) is 19.9 Å². The molecule has 0 bridgehead atoms. The zero-order chi connectivity index (χ0) is 25.0. The molecule has 0 atom stereocenters. The lowest BCUT2D eigenvalue weighted by Crippen LogP contribution is -2.29. The second kappa shape index (κ2) is 9.69. The Kier molecular flexibility index (Phi) is 6.94. The van der Waals surface area contributed by atoms with Gasteiger partial charge in [0, 0.05) is 31.1 Å². The van der Waals surface area contributed by atoms with Crippen molar-refractivity contribution in [3.8, 4) is 5.75 Å². The fourth-order valence-electron chi connectivity index (χ4n) is 2.81. The zero-order valence-electron chi connectivity index (χ0n) is 20.0. The molecule has 0 fully saturated rings. The van der Waals surface area contributed by atoms with Crippen LogP contribution >= 0.6 is 0 Å². The number of aromatic nitrogens is 4. The Morgan fingerprint density at radius 2 is 1.94 bits per heavy atom. The van der Waals surface area contributed by atoms with Crippen LogP contribution in [0.5, 0.6) is 5.75 Å². The van der Waals surface area contributed by atoms with E-state index in [-0.39, 0.29) is 17.2 Å². The number of amidine groups is 1. The van der Waals surface area contributed by atoms with E-state index in [1.54, 1.807) is 50.1 Å². The highest BCUT2D eigenvalue weighted by atomic mass is 16.5. The molecule has 2 heterocycles. The normalized spacial score (nSPS) is 11.8. The van der Waals surface area contributed by atoms with Crippen molar-refractivity contribution in [2.45, 2.75) is 20.8 Å². The Hall–Kier alpha value is -4.28. The van der Waals surface area contributed by atoms with Gasteiger partial charge in [0.1, 0.15) is 34.7 Å². The van der Waals surface area contributed by atoms with Gasteiger partial charge in [-0.05, 0) is 18.2 Å². The predicted octanol–water partition coefficient (Wildman–Crippen LogP) is 3.43. The third kappa shape index (κ3) is 5.55. The average molecular weight is 465 g/mol. The van der Waals surface area contributed by atoms with Crippen LogP contribution in [0.1, 0.15) is 31.1 Å². The molecular formula is C23H28N8O3. The van der Waals surface area contributed by atoms with Crippen LogP contribution in [0.15, 0.2) is 42.6 Å². The standard InChI is InChI=1S/C23H28N8O3/c1-23(2,3)17(32)10-18(24)29-21(33)13-7-8-16(34-6)14(9-13)28-20-19-15(26-12-27-20)11-25-22(30-19)31(4)5/h7-12,32H,1-6H3,(H2,24,29,33)(H,26,27,28)/b17-10-. The molecule has 0 saturated heterocycles. The Balaban J connectivity index is 1.91. The summed E-state index contributed by atoms with van der Waals surface area (Å²) in [6.45, 7) is 5.41. The summed E-state index contributed by atoms with van der Waals surface area (Å²) in [7, 11) is 5.18. The summed E-state index contributed by atoms with van der Waals surface area (Å²) >= 11 is 0. The van der Waals surface area contributed by atoms with E-state index in [9.17, 15) is 9.90 Å². The number of methoxy groups -OCH3 is 1. The fraction of sp³-hybridized carbons (Fsp3) is 0.304. The van der Waals surface area contributed by atoms with Crippen LogP contribution in [0.2, 0.25) is 0 Å². The van der Waals surface area contributed by atoms with Crippen molar-refractivity contribution in [2.24, 2.45) is 5.41 Å². The first-order valence-corrected chi connectivity index (χ1v) is 10.4. The van der Waals surface area contributed by atoms with Crippen molar-refractivity contribution in [3.63, 3.8) is 0 Å². The maximum absolute atomic E-state index is 12.7. The van der Waals surface area contributed by atoms with Gasteiger partial charge in [0.15, 0.2) is 5.82 Å². The smallest absolute Gasteiger partial charge is 0.256 e. The van der Waals surface area contributed by atoms with Crippen LogP contribution in [0.3, 0.4) is 0 Å². The number of fused-ring (bicyclic) bond motifs is 1. The third-order valence-corrected chi connectivity index (χ3v) is 4.78. The molecule has 1 amide bonds.